The van der Waals surface area contributed by atoms with Crippen LogP contribution in [-0.2, 0) is 16.0 Å². The summed E-state index contributed by atoms with van der Waals surface area (Å²) in [6.45, 7) is 4.00. The first-order valence-electron chi connectivity index (χ1n) is 6.68. The Hall–Kier alpha value is -1.55. The Labute approximate surface area is 113 Å². The molecular formula is C15H21NO3. The molecule has 0 amide bonds. The molecule has 1 aliphatic rings. The highest BCUT2D eigenvalue weighted by molar-refractivity contribution is 5.76. The molecule has 2 atom stereocenters. The van der Waals surface area contributed by atoms with Crippen molar-refractivity contribution in [2.24, 2.45) is 5.92 Å². The molecule has 1 aromatic carbocycles. The van der Waals surface area contributed by atoms with Crippen LogP contribution in [0.15, 0.2) is 18.2 Å². The van der Waals surface area contributed by atoms with Gasteiger partial charge in [-0.2, -0.15) is 0 Å². The number of nitrogens with one attached hydrogen (secondary N) is 1. The van der Waals surface area contributed by atoms with Crippen molar-refractivity contribution in [1.29, 1.82) is 0 Å². The first kappa shape index (κ1) is 13.9. The van der Waals surface area contributed by atoms with E-state index in [1.54, 1.807) is 12.1 Å². The van der Waals surface area contributed by atoms with Gasteiger partial charge in [-0.15, -0.1) is 0 Å². The Balaban J connectivity index is 2.15. The van der Waals surface area contributed by atoms with Gasteiger partial charge < -0.3 is 9.84 Å². The van der Waals surface area contributed by atoms with E-state index in [1.165, 1.54) is 12.7 Å². The maximum Gasteiger partial charge on any atom is 0.323 e. The zero-order chi connectivity index (χ0) is 14.0. The molecule has 2 rings (SSSR count). The highest BCUT2D eigenvalue weighted by atomic mass is 16.5. The van der Waals surface area contributed by atoms with Crippen molar-refractivity contribution in [3.05, 3.63) is 29.3 Å². The van der Waals surface area contributed by atoms with Crippen LogP contribution in [0.3, 0.4) is 0 Å². The van der Waals surface area contributed by atoms with E-state index in [9.17, 15) is 9.90 Å². The molecular weight excluding hydrogens is 242 g/mol. The monoisotopic (exact) mass is 263 g/mol. The van der Waals surface area contributed by atoms with Crippen LogP contribution in [-0.4, -0.2) is 24.2 Å². The minimum absolute atomic E-state index is 0.155. The summed E-state index contributed by atoms with van der Waals surface area (Å²) in [5, 5.41) is 12.9. The number of hydrogen-bond acceptors (Lipinski definition) is 4. The number of carbonyl (C=O) groups excluding carboxylic acids is 1. The van der Waals surface area contributed by atoms with Gasteiger partial charge in [-0.3, -0.25) is 10.1 Å². The molecule has 0 heterocycles. The van der Waals surface area contributed by atoms with E-state index in [0.717, 1.165) is 18.4 Å². The minimum atomic E-state index is -0.297. The van der Waals surface area contributed by atoms with Crippen LogP contribution >= 0.6 is 0 Å². The molecule has 0 saturated heterocycles. The molecule has 2 N–H and O–H groups in total. The lowest BCUT2D eigenvalue weighted by Crippen LogP contribution is -2.43. The van der Waals surface area contributed by atoms with Gasteiger partial charge in [-0.25, -0.2) is 0 Å². The lowest BCUT2D eigenvalue weighted by molar-refractivity contribution is -0.144. The quantitative estimate of drug-likeness (QED) is 0.817. The Morgan fingerprint density at radius 2 is 2.21 bits per heavy atom. The van der Waals surface area contributed by atoms with Gasteiger partial charge in [0.1, 0.15) is 11.8 Å². The summed E-state index contributed by atoms with van der Waals surface area (Å²) in [5.41, 5.74) is 2.33. The molecule has 1 aromatic rings. The number of rotatable bonds is 4. The van der Waals surface area contributed by atoms with Crippen molar-refractivity contribution < 1.29 is 14.6 Å². The van der Waals surface area contributed by atoms with Gasteiger partial charge in [0.25, 0.3) is 0 Å². The van der Waals surface area contributed by atoms with Crippen molar-refractivity contribution >= 4 is 5.97 Å². The smallest absolute Gasteiger partial charge is 0.323 e. The van der Waals surface area contributed by atoms with Gasteiger partial charge in [-0.05, 0) is 42.0 Å². The van der Waals surface area contributed by atoms with E-state index >= 15 is 0 Å². The van der Waals surface area contributed by atoms with E-state index in [0.29, 0.717) is 5.75 Å². The van der Waals surface area contributed by atoms with E-state index in [2.05, 4.69) is 5.32 Å². The van der Waals surface area contributed by atoms with Crippen molar-refractivity contribution in [3.63, 3.8) is 0 Å². The maximum absolute atomic E-state index is 11.8. The molecule has 0 aromatic heterocycles. The Morgan fingerprint density at radius 3 is 2.84 bits per heavy atom. The number of carbonyl (C=O) groups is 1. The van der Waals surface area contributed by atoms with Crippen LogP contribution in [0.4, 0.5) is 0 Å². The van der Waals surface area contributed by atoms with Crippen LogP contribution < -0.4 is 5.32 Å². The largest absolute Gasteiger partial charge is 0.508 e. The van der Waals surface area contributed by atoms with Crippen molar-refractivity contribution in [2.45, 2.75) is 38.8 Å². The average Bonchev–Trinajstić information content (AvgIpc) is 2.76. The number of ether oxygens (including phenoxy) is 1. The maximum atomic E-state index is 11.8. The minimum Gasteiger partial charge on any atom is -0.508 e. The number of esters is 1. The predicted molar refractivity (Wildman–Crippen MR) is 72.9 cm³/mol. The number of aromatic hydroxyl groups is 1. The Bertz CT molecular complexity index is 470. The third-order valence-corrected chi connectivity index (χ3v) is 3.71. The first-order chi connectivity index (χ1) is 9.02. The van der Waals surface area contributed by atoms with Crippen LogP contribution in [0.2, 0.25) is 0 Å². The summed E-state index contributed by atoms with van der Waals surface area (Å²) in [6, 6.07) is 5.29. The summed E-state index contributed by atoms with van der Waals surface area (Å²) in [7, 11) is 1.42. The van der Waals surface area contributed by atoms with Crippen molar-refractivity contribution in [3.8, 4) is 5.75 Å². The Morgan fingerprint density at radius 1 is 1.47 bits per heavy atom. The second-order valence-electron chi connectivity index (χ2n) is 5.39. The topological polar surface area (TPSA) is 58.6 Å². The molecule has 1 aliphatic carbocycles. The number of hydrogen-bond donors (Lipinski definition) is 2. The number of fused-ring (bicyclic) bond motifs is 1. The van der Waals surface area contributed by atoms with Gasteiger partial charge >= 0.3 is 5.97 Å². The third-order valence-electron chi connectivity index (χ3n) is 3.71. The molecule has 0 bridgehead atoms. The summed E-state index contributed by atoms with van der Waals surface area (Å²) in [6.07, 6.45) is 1.87. The van der Waals surface area contributed by atoms with Crippen molar-refractivity contribution in [1.82, 2.24) is 5.32 Å². The van der Waals surface area contributed by atoms with E-state index in [-0.39, 0.29) is 24.0 Å². The van der Waals surface area contributed by atoms with Gasteiger partial charge in [-0.1, -0.05) is 19.9 Å². The zero-order valence-electron chi connectivity index (χ0n) is 11.6. The summed E-state index contributed by atoms with van der Waals surface area (Å²) < 4.78 is 4.85. The van der Waals surface area contributed by atoms with Gasteiger partial charge in [0, 0.05) is 6.04 Å². The molecule has 0 fully saturated rings. The number of benzene rings is 1. The molecule has 0 aliphatic heterocycles. The zero-order valence-corrected chi connectivity index (χ0v) is 11.6. The van der Waals surface area contributed by atoms with Crippen LogP contribution in [0.1, 0.15) is 37.4 Å². The van der Waals surface area contributed by atoms with Gasteiger partial charge in [0.15, 0.2) is 0 Å². The average molecular weight is 263 g/mol. The lowest BCUT2D eigenvalue weighted by atomic mass is 10.0. The molecule has 19 heavy (non-hydrogen) atoms. The lowest BCUT2D eigenvalue weighted by Gasteiger charge is -2.24. The predicted octanol–water partition coefficient (Wildman–Crippen LogP) is 2.17. The first-order valence-corrected chi connectivity index (χ1v) is 6.68. The number of phenols is 1. The van der Waals surface area contributed by atoms with Crippen LogP contribution in [0.25, 0.3) is 0 Å². The summed E-state index contributed by atoms with van der Waals surface area (Å²) in [5.74, 6) is 0.253. The number of methoxy groups -OCH3 is 1. The van der Waals surface area contributed by atoms with E-state index in [4.69, 9.17) is 4.74 Å². The standard InChI is InChI=1S/C15H21NO3/c1-9(2)14(15(18)19-3)16-13-7-4-10-8-11(17)5-6-12(10)13/h5-6,8-9,13-14,16-17H,4,7H2,1-3H3/t13?,14-/m0/s1. The highest BCUT2D eigenvalue weighted by Gasteiger charge is 2.30. The number of phenolic OH excluding ortho intramolecular Hbond substituents is 1. The highest BCUT2D eigenvalue weighted by Crippen LogP contribution is 2.34. The van der Waals surface area contributed by atoms with Crippen molar-refractivity contribution in [2.75, 3.05) is 7.11 Å². The summed E-state index contributed by atoms with van der Waals surface area (Å²) in [4.78, 5) is 11.8. The van der Waals surface area contributed by atoms with Crippen LogP contribution in [0, 0.1) is 5.92 Å². The van der Waals surface area contributed by atoms with E-state index < -0.39 is 0 Å². The fourth-order valence-electron chi connectivity index (χ4n) is 2.65. The van der Waals surface area contributed by atoms with Gasteiger partial charge in [0.2, 0.25) is 0 Å². The van der Waals surface area contributed by atoms with E-state index in [1.807, 2.05) is 19.9 Å². The normalized spacial score (nSPS) is 19.3. The fourth-order valence-corrected chi connectivity index (χ4v) is 2.65. The molecule has 0 saturated carbocycles. The molecule has 104 valence electrons. The summed E-state index contributed by atoms with van der Waals surface area (Å²) >= 11 is 0. The van der Waals surface area contributed by atoms with Gasteiger partial charge in [0.05, 0.1) is 7.11 Å². The Kier molecular flexibility index (Phi) is 4.10. The second kappa shape index (κ2) is 5.61. The SMILES string of the molecule is COC(=O)[C@@H](NC1CCc2cc(O)ccc21)C(C)C. The van der Waals surface area contributed by atoms with Crippen LogP contribution in [0.5, 0.6) is 5.75 Å². The molecule has 0 spiro atoms. The third kappa shape index (κ3) is 2.89. The molecule has 1 unspecified atom stereocenters. The molecule has 4 nitrogen and oxygen atoms in total. The second-order valence-corrected chi connectivity index (χ2v) is 5.39. The molecule has 0 radical (unpaired) electrons. The molecule has 4 heteroatoms. The fraction of sp³-hybridized carbons (Fsp3) is 0.533. The number of aryl methyl sites for hydroxylation is 1.